The van der Waals surface area contributed by atoms with Crippen molar-refractivity contribution in [2.45, 2.75) is 25.4 Å². The van der Waals surface area contributed by atoms with Crippen molar-refractivity contribution in [2.24, 2.45) is 17.8 Å². The number of non-ortho nitro benzene ring substituents is 1. The number of hydrogen-bond acceptors (Lipinski definition) is 9. The Morgan fingerprint density at radius 3 is 2.54 bits per heavy atom. The number of nitro groups is 1. The number of benzene rings is 3. The first-order valence-corrected chi connectivity index (χ1v) is 15.7. The molecule has 4 atom stereocenters. The molecule has 246 valence electrons. The van der Waals surface area contributed by atoms with Crippen LogP contribution in [0, 0.1) is 27.9 Å². The summed E-state index contributed by atoms with van der Waals surface area (Å²) in [4.78, 5) is 43.9. The number of anilines is 1. The van der Waals surface area contributed by atoms with Gasteiger partial charge in [-0.05, 0) is 77.3 Å². The molecule has 1 fully saturated rings. The Bertz CT molecular complexity index is 1940. The Morgan fingerprint density at radius 1 is 1.06 bits per heavy atom. The fourth-order valence-corrected chi connectivity index (χ4v) is 7.16. The Kier molecular flexibility index (Phi) is 9.44. The minimum Gasteiger partial charge on any atom is -0.507 e. The standard InChI is InChI=1S/C37H35N3O8/c1-48-21-24-18-29-35(37(45)39(36(29)44)25-7-6-8-26(19-25)40(46)47)30(20-41)34(24)33(43)15-13-23(31-11-4-5-16-38-31)17-22-12-14-32(42)28-10-3-2-9-27(22)28/h2-12,14,16-17,19,29-30,33,35,41-43H,13,15,18,20-21H2,1H3/b23-17-/t29-,30+,33-,35-/m1/s1. The van der Waals surface area contributed by atoms with Crippen LogP contribution < -0.4 is 4.90 Å². The third-order valence-electron chi connectivity index (χ3n) is 9.30. The quantitative estimate of drug-likeness (QED) is 0.0848. The number of nitrogens with zero attached hydrogens (tertiary/aromatic N) is 3. The van der Waals surface area contributed by atoms with Crippen molar-refractivity contribution in [3.05, 3.63) is 118 Å². The Hall–Kier alpha value is -5.23. The van der Waals surface area contributed by atoms with Crippen molar-refractivity contribution in [3.63, 3.8) is 0 Å². The monoisotopic (exact) mass is 649 g/mol. The highest BCUT2D eigenvalue weighted by Gasteiger charge is 2.55. The maximum absolute atomic E-state index is 13.9. The van der Waals surface area contributed by atoms with Gasteiger partial charge in [-0.2, -0.15) is 0 Å². The summed E-state index contributed by atoms with van der Waals surface area (Å²) in [5, 5.41) is 45.9. The molecule has 6 rings (SSSR count). The molecule has 3 N–H and O–H groups in total. The predicted molar refractivity (Wildman–Crippen MR) is 180 cm³/mol. The second-order valence-electron chi connectivity index (χ2n) is 12.1. The number of hydrogen-bond donors (Lipinski definition) is 3. The molecular formula is C37H35N3O8. The van der Waals surface area contributed by atoms with E-state index in [1.54, 1.807) is 12.3 Å². The van der Waals surface area contributed by atoms with Crippen molar-refractivity contribution in [1.82, 2.24) is 4.98 Å². The zero-order valence-corrected chi connectivity index (χ0v) is 26.2. The van der Waals surface area contributed by atoms with Gasteiger partial charge in [-0.1, -0.05) is 42.5 Å². The SMILES string of the molecule is COCC1=C([C@H](O)CC/C(=C/c2ccc(O)c3ccccc23)c2ccccn2)[C@H](CO)[C@@H]2C(=O)N(c3cccc([N+](=O)[O-])c3)C(=O)[C@@H]2C1. The summed E-state index contributed by atoms with van der Waals surface area (Å²) in [6.07, 6.45) is 3.30. The van der Waals surface area contributed by atoms with E-state index in [0.717, 1.165) is 21.4 Å². The number of phenols is 1. The van der Waals surface area contributed by atoms with Crippen molar-refractivity contribution < 1.29 is 34.6 Å². The van der Waals surface area contributed by atoms with E-state index in [-0.39, 0.29) is 36.6 Å². The smallest absolute Gasteiger partial charge is 0.271 e. The van der Waals surface area contributed by atoms with Gasteiger partial charge in [0.2, 0.25) is 11.8 Å². The molecule has 48 heavy (non-hydrogen) atoms. The summed E-state index contributed by atoms with van der Waals surface area (Å²) < 4.78 is 5.47. The first-order chi connectivity index (χ1) is 23.2. The fraction of sp³-hybridized carbons (Fsp3) is 0.270. The molecule has 1 aromatic heterocycles. The zero-order chi connectivity index (χ0) is 33.9. The van der Waals surface area contributed by atoms with Crippen molar-refractivity contribution >= 4 is 45.6 Å². The lowest BCUT2D eigenvalue weighted by Gasteiger charge is -2.36. The maximum Gasteiger partial charge on any atom is 0.271 e. The van der Waals surface area contributed by atoms with Crippen LogP contribution in [0.25, 0.3) is 22.4 Å². The lowest BCUT2D eigenvalue weighted by molar-refractivity contribution is -0.384. The minimum absolute atomic E-state index is 0.0901. The number of methoxy groups -OCH3 is 1. The topological polar surface area (TPSA) is 163 Å². The molecule has 0 bridgehead atoms. The van der Waals surface area contributed by atoms with E-state index < -0.39 is 47.2 Å². The van der Waals surface area contributed by atoms with E-state index in [4.69, 9.17) is 4.74 Å². The number of aromatic hydroxyl groups is 1. The van der Waals surface area contributed by atoms with Crippen molar-refractivity contribution in [2.75, 3.05) is 25.2 Å². The summed E-state index contributed by atoms with van der Waals surface area (Å²) in [7, 11) is 1.50. The first kappa shape index (κ1) is 32.7. The van der Waals surface area contributed by atoms with Gasteiger partial charge in [-0.15, -0.1) is 0 Å². The van der Waals surface area contributed by atoms with Crippen LogP contribution in [0.1, 0.15) is 30.5 Å². The van der Waals surface area contributed by atoms with E-state index in [9.17, 15) is 35.0 Å². The molecule has 0 spiro atoms. The Labute approximate surface area is 276 Å². The predicted octanol–water partition coefficient (Wildman–Crippen LogP) is 5.29. The van der Waals surface area contributed by atoms with Gasteiger partial charge in [0.25, 0.3) is 5.69 Å². The molecule has 11 heteroatoms. The van der Waals surface area contributed by atoms with Gasteiger partial charge >= 0.3 is 0 Å². The highest BCUT2D eigenvalue weighted by molar-refractivity contribution is 6.22. The number of imide groups is 1. The Morgan fingerprint density at radius 2 is 1.83 bits per heavy atom. The van der Waals surface area contributed by atoms with Crippen LogP contribution in [-0.2, 0) is 14.3 Å². The molecule has 1 aliphatic heterocycles. The van der Waals surface area contributed by atoms with Crippen LogP contribution in [0.4, 0.5) is 11.4 Å². The molecule has 11 nitrogen and oxygen atoms in total. The lowest BCUT2D eigenvalue weighted by atomic mass is 9.68. The number of rotatable bonds is 11. The second-order valence-corrected chi connectivity index (χ2v) is 12.1. The van der Waals surface area contributed by atoms with Crippen LogP contribution in [0.3, 0.4) is 0 Å². The number of fused-ring (bicyclic) bond motifs is 2. The third kappa shape index (κ3) is 6.11. The largest absolute Gasteiger partial charge is 0.507 e. The molecule has 0 saturated carbocycles. The number of ether oxygens (including phenoxy) is 1. The van der Waals surface area contributed by atoms with E-state index in [1.807, 2.05) is 54.6 Å². The van der Waals surface area contributed by atoms with Crippen molar-refractivity contribution in [3.8, 4) is 5.75 Å². The van der Waals surface area contributed by atoms with E-state index in [0.29, 0.717) is 28.6 Å². The van der Waals surface area contributed by atoms with Crippen LogP contribution in [0.5, 0.6) is 5.75 Å². The molecule has 2 aliphatic rings. The second kappa shape index (κ2) is 13.9. The molecular weight excluding hydrogens is 614 g/mol. The van der Waals surface area contributed by atoms with Gasteiger partial charge in [-0.3, -0.25) is 24.7 Å². The number of aliphatic hydroxyl groups is 2. The number of nitro benzene ring substituents is 1. The molecule has 4 aromatic rings. The third-order valence-corrected chi connectivity index (χ3v) is 9.30. The van der Waals surface area contributed by atoms with Gasteiger partial charge in [0.15, 0.2) is 0 Å². The van der Waals surface area contributed by atoms with E-state index in [1.165, 1.54) is 31.4 Å². The van der Waals surface area contributed by atoms with Crippen LogP contribution in [0.2, 0.25) is 0 Å². The fourth-order valence-electron chi connectivity index (χ4n) is 7.16. The van der Waals surface area contributed by atoms with Gasteiger partial charge in [-0.25, -0.2) is 4.90 Å². The summed E-state index contributed by atoms with van der Waals surface area (Å²) >= 11 is 0. The molecule has 2 heterocycles. The summed E-state index contributed by atoms with van der Waals surface area (Å²) in [5.41, 5.74) is 3.35. The normalized spacial score (nSPS) is 20.4. The minimum atomic E-state index is -1.09. The lowest BCUT2D eigenvalue weighted by Crippen LogP contribution is -2.39. The zero-order valence-electron chi connectivity index (χ0n) is 26.2. The summed E-state index contributed by atoms with van der Waals surface area (Å²) in [6, 6.07) is 21.9. The van der Waals surface area contributed by atoms with Crippen LogP contribution >= 0.6 is 0 Å². The molecule has 1 aliphatic carbocycles. The maximum atomic E-state index is 13.9. The molecule has 1 saturated heterocycles. The summed E-state index contributed by atoms with van der Waals surface area (Å²) in [5.74, 6) is -3.55. The van der Waals surface area contributed by atoms with E-state index in [2.05, 4.69) is 4.98 Å². The average Bonchev–Trinajstić information content (AvgIpc) is 3.35. The number of pyridine rings is 1. The number of aliphatic hydroxyl groups excluding tert-OH is 2. The summed E-state index contributed by atoms with van der Waals surface area (Å²) in [6.45, 7) is -0.405. The van der Waals surface area contributed by atoms with Gasteiger partial charge in [0.1, 0.15) is 5.75 Å². The number of aromatic nitrogens is 1. The van der Waals surface area contributed by atoms with Crippen LogP contribution in [-0.4, -0.2) is 63.5 Å². The first-order valence-electron chi connectivity index (χ1n) is 15.7. The number of amides is 2. The number of phenolic OH excluding ortho intramolecular Hbond substituents is 1. The number of carbonyl (C=O) groups is 2. The molecule has 3 aromatic carbocycles. The van der Waals surface area contributed by atoms with E-state index >= 15 is 0 Å². The van der Waals surface area contributed by atoms with Crippen LogP contribution in [0.15, 0.2) is 96.2 Å². The Balaban J connectivity index is 1.32. The molecule has 0 unspecified atom stereocenters. The van der Waals surface area contributed by atoms with Gasteiger partial charge in [0, 0.05) is 36.7 Å². The number of allylic oxidation sites excluding steroid dienone is 1. The van der Waals surface area contributed by atoms with Gasteiger partial charge < -0.3 is 20.1 Å². The van der Waals surface area contributed by atoms with Crippen molar-refractivity contribution in [1.29, 1.82) is 0 Å². The average molecular weight is 650 g/mol. The molecule has 2 amide bonds. The highest BCUT2D eigenvalue weighted by Crippen LogP contribution is 2.47. The number of carbonyl (C=O) groups excluding carboxylic acids is 2. The highest BCUT2D eigenvalue weighted by atomic mass is 16.6. The van der Waals surface area contributed by atoms with Gasteiger partial charge in [0.05, 0.1) is 47.5 Å². The molecule has 0 radical (unpaired) electrons.